The molecule has 1 amide bonds. The van der Waals surface area contributed by atoms with Crippen LogP contribution in [0.3, 0.4) is 0 Å². The van der Waals surface area contributed by atoms with E-state index in [-0.39, 0.29) is 11.9 Å². The largest absolute Gasteiger partial charge is 0.333 e. The summed E-state index contributed by atoms with van der Waals surface area (Å²) in [4.78, 5) is 19.6. The lowest BCUT2D eigenvalue weighted by atomic mass is 10.0. The fraction of sp³-hybridized carbons (Fsp3) is 0.524. The Bertz CT molecular complexity index is 1000. The summed E-state index contributed by atoms with van der Waals surface area (Å²) in [5.74, 6) is 3.49. The lowest BCUT2D eigenvalue weighted by molar-refractivity contribution is -0.133. The Balaban J connectivity index is 1.50. The first-order valence-corrected chi connectivity index (χ1v) is 10.0. The maximum Gasteiger partial charge on any atom is 0.224 e. The van der Waals surface area contributed by atoms with Crippen molar-refractivity contribution in [2.75, 3.05) is 6.54 Å². The van der Waals surface area contributed by atoms with Gasteiger partial charge in [0, 0.05) is 19.5 Å². The van der Waals surface area contributed by atoms with E-state index in [0.29, 0.717) is 25.4 Å². The first kappa shape index (κ1) is 18.7. The molecular weight excluding hydrogens is 352 g/mol. The van der Waals surface area contributed by atoms with E-state index in [2.05, 4.69) is 44.2 Å². The third kappa shape index (κ3) is 3.41. The zero-order valence-corrected chi connectivity index (χ0v) is 17.1. The van der Waals surface area contributed by atoms with Crippen LogP contribution in [-0.4, -0.2) is 41.7 Å². The van der Waals surface area contributed by atoms with Crippen LogP contribution in [-0.2, 0) is 17.9 Å². The molecule has 2 aromatic heterocycles. The third-order valence-electron chi connectivity index (χ3n) is 5.56. The van der Waals surface area contributed by atoms with Gasteiger partial charge in [-0.05, 0) is 38.3 Å². The van der Waals surface area contributed by atoms with Crippen molar-refractivity contribution in [2.24, 2.45) is 5.92 Å². The van der Waals surface area contributed by atoms with Crippen LogP contribution in [0.2, 0.25) is 0 Å². The summed E-state index contributed by atoms with van der Waals surface area (Å²) in [6.07, 6.45) is 1.48. The van der Waals surface area contributed by atoms with E-state index in [9.17, 15) is 4.79 Å². The summed E-state index contributed by atoms with van der Waals surface area (Å²) in [6, 6.07) is 8.32. The summed E-state index contributed by atoms with van der Waals surface area (Å²) >= 11 is 0. The van der Waals surface area contributed by atoms with Crippen molar-refractivity contribution in [1.82, 2.24) is 29.2 Å². The molecule has 1 atom stereocenters. The minimum Gasteiger partial charge on any atom is -0.333 e. The highest BCUT2D eigenvalue weighted by Gasteiger charge is 2.30. The average Bonchev–Trinajstić information content (AvgIpc) is 3.18. The molecule has 148 valence electrons. The Morgan fingerprint density at radius 3 is 2.75 bits per heavy atom. The van der Waals surface area contributed by atoms with E-state index >= 15 is 0 Å². The highest BCUT2D eigenvalue weighted by Crippen LogP contribution is 2.27. The van der Waals surface area contributed by atoms with Crippen molar-refractivity contribution in [2.45, 2.75) is 59.7 Å². The first-order chi connectivity index (χ1) is 13.4. The van der Waals surface area contributed by atoms with E-state index in [1.54, 1.807) is 0 Å². The standard InChI is InChI=1S/C21H28N6O/c1-14(2)11-17-12-25(13-20-24-23-16(4)27(17)20)21(28)9-10-26-15(3)22-18-7-5-6-8-19(18)26/h5-8,14,17H,9-13H2,1-4H3/t17-/m0/s1. The van der Waals surface area contributed by atoms with Gasteiger partial charge in [-0.25, -0.2) is 4.98 Å². The van der Waals surface area contributed by atoms with Crippen molar-refractivity contribution in [1.29, 1.82) is 0 Å². The highest BCUT2D eigenvalue weighted by molar-refractivity contribution is 5.78. The normalized spacial score (nSPS) is 16.8. The summed E-state index contributed by atoms with van der Waals surface area (Å²) in [5, 5.41) is 8.56. The SMILES string of the molecule is Cc1nnc2n1[C@@H](CC(C)C)CN(C(=O)CCn1c(C)nc3ccccc31)C2. The number of fused-ring (bicyclic) bond motifs is 2. The van der Waals surface area contributed by atoms with Crippen molar-refractivity contribution in [3.8, 4) is 0 Å². The predicted octanol–water partition coefficient (Wildman–Crippen LogP) is 3.26. The Hall–Kier alpha value is -2.70. The predicted molar refractivity (Wildman–Crippen MR) is 108 cm³/mol. The lowest BCUT2D eigenvalue weighted by Crippen LogP contribution is -2.42. The summed E-state index contributed by atoms with van der Waals surface area (Å²) in [6.45, 7) is 10.3. The fourth-order valence-corrected chi connectivity index (χ4v) is 4.33. The van der Waals surface area contributed by atoms with E-state index in [4.69, 9.17) is 0 Å². The Morgan fingerprint density at radius 2 is 1.96 bits per heavy atom. The number of benzene rings is 1. The van der Waals surface area contributed by atoms with E-state index in [1.165, 1.54) is 0 Å². The van der Waals surface area contributed by atoms with E-state index < -0.39 is 0 Å². The number of carbonyl (C=O) groups excluding carboxylic acids is 1. The van der Waals surface area contributed by atoms with Crippen LogP contribution in [0, 0.1) is 19.8 Å². The molecule has 7 nitrogen and oxygen atoms in total. The van der Waals surface area contributed by atoms with Crippen LogP contribution >= 0.6 is 0 Å². The van der Waals surface area contributed by atoms with Crippen LogP contribution in [0.25, 0.3) is 11.0 Å². The van der Waals surface area contributed by atoms with Gasteiger partial charge in [0.25, 0.3) is 0 Å². The minimum absolute atomic E-state index is 0.165. The molecule has 0 fully saturated rings. The second-order valence-electron chi connectivity index (χ2n) is 8.14. The second-order valence-corrected chi connectivity index (χ2v) is 8.14. The second kappa shape index (κ2) is 7.37. The molecule has 1 aliphatic rings. The van der Waals surface area contributed by atoms with Gasteiger partial charge >= 0.3 is 0 Å². The molecule has 1 aliphatic heterocycles. The molecule has 0 saturated carbocycles. The fourth-order valence-electron chi connectivity index (χ4n) is 4.33. The number of hydrogen-bond acceptors (Lipinski definition) is 4. The number of carbonyl (C=O) groups is 1. The number of aromatic nitrogens is 5. The van der Waals surface area contributed by atoms with Crippen molar-refractivity contribution in [3.05, 3.63) is 41.7 Å². The quantitative estimate of drug-likeness (QED) is 0.681. The summed E-state index contributed by atoms with van der Waals surface area (Å²) in [7, 11) is 0. The molecule has 0 bridgehead atoms. The van der Waals surface area contributed by atoms with E-state index in [0.717, 1.165) is 41.5 Å². The number of amides is 1. The van der Waals surface area contributed by atoms with Crippen LogP contribution in [0.4, 0.5) is 0 Å². The Kier molecular flexibility index (Phi) is 4.91. The summed E-state index contributed by atoms with van der Waals surface area (Å²) in [5.41, 5.74) is 2.06. The maximum absolute atomic E-state index is 13.0. The molecule has 4 rings (SSSR count). The molecule has 1 aromatic carbocycles. The van der Waals surface area contributed by atoms with Crippen LogP contribution in [0.5, 0.6) is 0 Å². The minimum atomic E-state index is 0.165. The van der Waals surface area contributed by atoms with Gasteiger partial charge in [0.2, 0.25) is 5.91 Å². The number of nitrogens with zero attached hydrogens (tertiary/aromatic N) is 6. The summed E-state index contributed by atoms with van der Waals surface area (Å²) < 4.78 is 4.35. The lowest BCUT2D eigenvalue weighted by Gasteiger charge is -2.35. The Labute approximate surface area is 165 Å². The van der Waals surface area contributed by atoms with Gasteiger partial charge in [0.1, 0.15) is 11.6 Å². The van der Waals surface area contributed by atoms with Gasteiger partial charge in [-0.15, -0.1) is 10.2 Å². The van der Waals surface area contributed by atoms with Gasteiger partial charge in [0.15, 0.2) is 5.82 Å². The molecule has 0 saturated heterocycles. The number of hydrogen-bond donors (Lipinski definition) is 0. The molecule has 3 aromatic rings. The molecule has 0 spiro atoms. The zero-order valence-electron chi connectivity index (χ0n) is 17.1. The van der Waals surface area contributed by atoms with Crippen molar-refractivity contribution >= 4 is 16.9 Å². The smallest absolute Gasteiger partial charge is 0.224 e. The average molecular weight is 380 g/mol. The number of rotatable bonds is 5. The van der Waals surface area contributed by atoms with Gasteiger partial charge < -0.3 is 14.0 Å². The van der Waals surface area contributed by atoms with Crippen LogP contribution < -0.4 is 0 Å². The van der Waals surface area contributed by atoms with Crippen LogP contribution in [0.15, 0.2) is 24.3 Å². The van der Waals surface area contributed by atoms with E-state index in [1.807, 2.05) is 36.9 Å². The van der Waals surface area contributed by atoms with Gasteiger partial charge in [-0.1, -0.05) is 26.0 Å². The highest BCUT2D eigenvalue weighted by atomic mass is 16.2. The monoisotopic (exact) mass is 380 g/mol. The molecule has 0 aliphatic carbocycles. The molecule has 0 radical (unpaired) electrons. The molecule has 0 N–H and O–H groups in total. The number of imidazole rings is 1. The van der Waals surface area contributed by atoms with Gasteiger partial charge in [-0.2, -0.15) is 0 Å². The zero-order chi connectivity index (χ0) is 19.8. The molecular formula is C21H28N6O. The van der Waals surface area contributed by atoms with Crippen LogP contribution in [0.1, 0.15) is 50.2 Å². The molecule has 0 unspecified atom stereocenters. The number of aryl methyl sites for hydroxylation is 3. The molecule has 28 heavy (non-hydrogen) atoms. The van der Waals surface area contributed by atoms with Crippen molar-refractivity contribution < 1.29 is 4.79 Å². The van der Waals surface area contributed by atoms with Gasteiger partial charge in [0.05, 0.1) is 23.6 Å². The van der Waals surface area contributed by atoms with Crippen molar-refractivity contribution in [3.63, 3.8) is 0 Å². The molecule has 7 heteroatoms. The Morgan fingerprint density at radius 1 is 1.18 bits per heavy atom. The topological polar surface area (TPSA) is 68.8 Å². The maximum atomic E-state index is 13.0. The number of para-hydroxylation sites is 2. The third-order valence-corrected chi connectivity index (χ3v) is 5.56. The first-order valence-electron chi connectivity index (χ1n) is 10.0. The molecule has 3 heterocycles. The van der Waals surface area contributed by atoms with Gasteiger partial charge in [-0.3, -0.25) is 4.79 Å².